The van der Waals surface area contributed by atoms with E-state index >= 15 is 0 Å². The van der Waals surface area contributed by atoms with E-state index in [0.717, 1.165) is 0 Å². The summed E-state index contributed by atoms with van der Waals surface area (Å²) in [5.74, 6) is 0.0737. The average Bonchev–Trinajstić information content (AvgIpc) is 2.47. The molecule has 120 valence electrons. The van der Waals surface area contributed by atoms with Crippen molar-refractivity contribution in [3.63, 3.8) is 0 Å². The van der Waals surface area contributed by atoms with Crippen LogP contribution in [0, 0.1) is 10.1 Å². The summed E-state index contributed by atoms with van der Waals surface area (Å²) in [6.45, 7) is 3.29. The number of carbonyl (C=O) groups is 1. The molecule has 1 aromatic carbocycles. The van der Waals surface area contributed by atoms with Crippen molar-refractivity contribution in [2.24, 2.45) is 0 Å². The van der Waals surface area contributed by atoms with Gasteiger partial charge in [-0.2, -0.15) is 0 Å². The van der Waals surface area contributed by atoms with Crippen molar-refractivity contribution in [1.82, 2.24) is 0 Å². The number of Topliss-reactive ketones (excluding diaryl/α,β-unsaturated/α-hetero) is 1. The number of hydrogen-bond acceptors (Lipinski definition) is 7. The molecule has 22 heavy (non-hydrogen) atoms. The van der Waals surface area contributed by atoms with Crippen molar-refractivity contribution in [3.05, 3.63) is 27.8 Å². The third-order valence-corrected chi connectivity index (χ3v) is 2.98. The fourth-order valence-electron chi connectivity index (χ4n) is 1.95. The van der Waals surface area contributed by atoms with Gasteiger partial charge in [-0.15, -0.1) is 0 Å². The third kappa shape index (κ3) is 4.15. The van der Waals surface area contributed by atoms with Gasteiger partial charge in [-0.05, 0) is 6.92 Å². The maximum absolute atomic E-state index is 11.6. The number of fused-ring (bicyclic) bond motifs is 1. The first-order valence-electron chi connectivity index (χ1n) is 6.84. The number of ketones is 1. The zero-order valence-electron chi connectivity index (χ0n) is 12.2. The van der Waals surface area contributed by atoms with Gasteiger partial charge in [0.1, 0.15) is 13.2 Å². The van der Waals surface area contributed by atoms with Gasteiger partial charge in [0.25, 0.3) is 5.69 Å². The van der Waals surface area contributed by atoms with Crippen molar-refractivity contribution >= 4 is 11.5 Å². The Balaban J connectivity index is 2.34. The highest BCUT2D eigenvalue weighted by Crippen LogP contribution is 2.35. The first-order valence-corrected chi connectivity index (χ1v) is 6.84. The lowest BCUT2D eigenvalue weighted by Crippen LogP contribution is -2.16. The Bertz CT molecular complexity index is 509. The summed E-state index contributed by atoms with van der Waals surface area (Å²) in [5.41, 5.74) is -0.323. The van der Waals surface area contributed by atoms with Crippen LogP contribution in [-0.2, 0) is 9.47 Å². The molecule has 1 heterocycles. The monoisotopic (exact) mass is 311 g/mol. The average molecular weight is 311 g/mol. The molecule has 1 aromatic rings. The molecule has 0 fully saturated rings. The van der Waals surface area contributed by atoms with Gasteiger partial charge in [-0.3, -0.25) is 14.9 Å². The number of nitro benzene ring substituents is 1. The van der Waals surface area contributed by atoms with E-state index in [1.54, 1.807) is 0 Å². The van der Waals surface area contributed by atoms with Crippen molar-refractivity contribution in [1.29, 1.82) is 0 Å². The molecule has 0 spiro atoms. The smallest absolute Gasteiger partial charge is 0.284 e. The van der Waals surface area contributed by atoms with Gasteiger partial charge < -0.3 is 18.9 Å². The molecule has 0 aliphatic carbocycles. The molecule has 0 radical (unpaired) electrons. The number of rotatable bonds is 2. The molecule has 1 aliphatic rings. The van der Waals surface area contributed by atoms with E-state index in [2.05, 4.69) is 0 Å². The van der Waals surface area contributed by atoms with Crippen LogP contribution in [0.3, 0.4) is 0 Å². The molecule has 0 atom stereocenters. The highest BCUT2D eigenvalue weighted by Gasteiger charge is 2.23. The molecule has 8 nitrogen and oxygen atoms in total. The molecule has 0 N–H and O–H groups in total. The lowest BCUT2D eigenvalue weighted by molar-refractivity contribution is -0.385. The number of carbonyl (C=O) groups excluding carboxylic acids is 1. The molecule has 0 saturated carbocycles. The van der Waals surface area contributed by atoms with Crippen molar-refractivity contribution in [3.8, 4) is 11.5 Å². The lowest BCUT2D eigenvalue weighted by atomic mass is 10.1. The van der Waals surface area contributed by atoms with Crippen LogP contribution in [0.25, 0.3) is 0 Å². The van der Waals surface area contributed by atoms with Crippen LogP contribution in [0.15, 0.2) is 12.1 Å². The standard InChI is InChI=1S/C14H17NO7/c1-10(16)11-8-13-14(9-12(11)15(17)18)22-7-5-20-3-2-19-4-6-21-13/h8-9H,2-7H2,1H3. The summed E-state index contributed by atoms with van der Waals surface area (Å²) in [7, 11) is 0. The van der Waals surface area contributed by atoms with Gasteiger partial charge in [0, 0.05) is 6.07 Å². The Morgan fingerprint density at radius 1 is 1.00 bits per heavy atom. The molecule has 0 amide bonds. The number of nitrogens with zero attached hydrogens (tertiary/aromatic N) is 1. The van der Waals surface area contributed by atoms with E-state index in [4.69, 9.17) is 18.9 Å². The number of nitro groups is 1. The molecule has 1 aliphatic heterocycles. The summed E-state index contributed by atoms with van der Waals surface area (Å²) in [6.07, 6.45) is 0. The largest absolute Gasteiger partial charge is 0.487 e. The minimum absolute atomic E-state index is 0.0170. The Morgan fingerprint density at radius 2 is 1.50 bits per heavy atom. The van der Waals surface area contributed by atoms with Gasteiger partial charge in [0.15, 0.2) is 17.3 Å². The van der Waals surface area contributed by atoms with E-state index in [1.807, 2.05) is 0 Å². The summed E-state index contributed by atoms with van der Waals surface area (Å²) >= 11 is 0. The first-order chi connectivity index (χ1) is 10.6. The fraction of sp³-hybridized carbons (Fsp3) is 0.500. The molecule has 0 bridgehead atoms. The van der Waals surface area contributed by atoms with E-state index in [1.165, 1.54) is 19.1 Å². The van der Waals surface area contributed by atoms with Crippen LogP contribution in [0.2, 0.25) is 0 Å². The summed E-state index contributed by atoms with van der Waals surface area (Å²) < 4.78 is 21.6. The summed E-state index contributed by atoms with van der Waals surface area (Å²) in [6, 6.07) is 2.54. The highest BCUT2D eigenvalue weighted by atomic mass is 16.6. The second kappa shape index (κ2) is 7.71. The number of benzene rings is 1. The SMILES string of the molecule is CC(=O)c1cc2c(cc1[N+](=O)[O-])OCCOCCOCCO2. The Labute approximate surface area is 127 Å². The van der Waals surface area contributed by atoms with Crippen molar-refractivity contribution < 1.29 is 28.7 Å². The topological polar surface area (TPSA) is 97.1 Å². The Hall–Kier alpha value is -2.19. The zero-order chi connectivity index (χ0) is 15.9. The highest BCUT2D eigenvalue weighted by molar-refractivity contribution is 5.98. The van der Waals surface area contributed by atoms with Gasteiger partial charge in [-0.1, -0.05) is 0 Å². The summed E-state index contributed by atoms with van der Waals surface area (Å²) in [5, 5.41) is 11.1. The third-order valence-electron chi connectivity index (χ3n) is 2.98. The second-order valence-electron chi connectivity index (χ2n) is 4.55. The molecule has 0 aromatic heterocycles. The molecule has 2 rings (SSSR count). The predicted molar refractivity (Wildman–Crippen MR) is 75.7 cm³/mol. The van der Waals surface area contributed by atoms with Gasteiger partial charge >= 0.3 is 0 Å². The van der Waals surface area contributed by atoms with Crippen LogP contribution >= 0.6 is 0 Å². The first kappa shape index (κ1) is 16.2. The van der Waals surface area contributed by atoms with Crippen LogP contribution in [0.1, 0.15) is 17.3 Å². The van der Waals surface area contributed by atoms with E-state index in [-0.39, 0.29) is 36.0 Å². The van der Waals surface area contributed by atoms with E-state index < -0.39 is 10.7 Å². The van der Waals surface area contributed by atoms with Gasteiger partial charge in [0.2, 0.25) is 0 Å². The van der Waals surface area contributed by atoms with Gasteiger partial charge in [0.05, 0.1) is 43.0 Å². The van der Waals surface area contributed by atoms with Crippen molar-refractivity contribution in [2.45, 2.75) is 6.92 Å². The number of hydrogen-bond donors (Lipinski definition) is 0. The quantitative estimate of drug-likeness (QED) is 0.465. The zero-order valence-corrected chi connectivity index (χ0v) is 12.2. The fourth-order valence-corrected chi connectivity index (χ4v) is 1.95. The van der Waals surface area contributed by atoms with E-state index in [0.29, 0.717) is 26.4 Å². The van der Waals surface area contributed by atoms with Gasteiger partial charge in [-0.25, -0.2) is 0 Å². The van der Waals surface area contributed by atoms with E-state index in [9.17, 15) is 14.9 Å². The Morgan fingerprint density at radius 3 is 2.00 bits per heavy atom. The minimum atomic E-state index is -0.615. The minimum Gasteiger partial charge on any atom is -0.487 e. The molecule has 8 heteroatoms. The molecule has 0 saturated heterocycles. The maximum Gasteiger partial charge on any atom is 0.284 e. The maximum atomic E-state index is 11.6. The van der Waals surface area contributed by atoms with Crippen LogP contribution < -0.4 is 9.47 Å². The van der Waals surface area contributed by atoms with Crippen LogP contribution in [0.5, 0.6) is 11.5 Å². The normalized spacial score (nSPS) is 16.2. The second-order valence-corrected chi connectivity index (χ2v) is 4.55. The molecule has 0 unspecified atom stereocenters. The van der Waals surface area contributed by atoms with Crippen LogP contribution in [-0.4, -0.2) is 50.3 Å². The van der Waals surface area contributed by atoms with Crippen molar-refractivity contribution in [2.75, 3.05) is 39.6 Å². The molecular weight excluding hydrogens is 294 g/mol. The number of ether oxygens (including phenoxy) is 4. The summed E-state index contributed by atoms with van der Waals surface area (Å²) in [4.78, 5) is 22.1. The predicted octanol–water partition coefficient (Wildman–Crippen LogP) is 1.60. The molecular formula is C14H17NO7. The lowest BCUT2D eigenvalue weighted by Gasteiger charge is -2.15. The Kier molecular flexibility index (Phi) is 5.68. The van der Waals surface area contributed by atoms with Crippen LogP contribution in [0.4, 0.5) is 5.69 Å².